The molecule has 0 bridgehead atoms. The summed E-state index contributed by atoms with van der Waals surface area (Å²) in [5.41, 5.74) is 5.55. The first-order valence-electron chi connectivity index (χ1n) is 11.1. The highest BCUT2D eigenvalue weighted by Gasteiger charge is 2.38. The predicted octanol–water partition coefficient (Wildman–Crippen LogP) is 6.23. The number of hydrogen-bond acceptors (Lipinski definition) is 5. The number of fused-ring (bicyclic) bond motifs is 1. The first-order valence-corrected chi connectivity index (χ1v) is 11.1. The van der Waals surface area contributed by atoms with E-state index in [1.807, 2.05) is 61.5 Å². The number of aromatic nitrogens is 1. The number of Topliss-reactive ketones (excluding diaryl/α,β-unsaturated/α-hetero) is 1. The van der Waals surface area contributed by atoms with Crippen molar-refractivity contribution in [2.24, 2.45) is 11.8 Å². The highest BCUT2D eigenvalue weighted by atomic mass is 16.4. The van der Waals surface area contributed by atoms with Gasteiger partial charge in [-0.05, 0) is 49.1 Å². The summed E-state index contributed by atoms with van der Waals surface area (Å²) in [6, 6.07) is 21.4. The maximum Gasteiger partial charge on any atom is 0.307 e. The van der Waals surface area contributed by atoms with Crippen LogP contribution in [0.4, 0.5) is 11.7 Å². The lowest BCUT2D eigenvalue weighted by Crippen LogP contribution is -2.25. The highest BCUT2D eigenvalue weighted by Crippen LogP contribution is 2.37. The fourth-order valence-electron chi connectivity index (χ4n) is 4.65. The number of oxazole rings is 1. The Morgan fingerprint density at radius 1 is 1.00 bits per heavy atom. The summed E-state index contributed by atoms with van der Waals surface area (Å²) in [7, 11) is 0. The van der Waals surface area contributed by atoms with E-state index in [2.05, 4.69) is 10.3 Å². The Kier molecular flexibility index (Phi) is 5.42. The summed E-state index contributed by atoms with van der Waals surface area (Å²) >= 11 is 0. The van der Waals surface area contributed by atoms with Crippen molar-refractivity contribution < 1.29 is 19.1 Å². The quantitative estimate of drug-likeness (QED) is 0.345. The minimum absolute atomic E-state index is 0.129. The standard InChI is InChI=1S/C27H24N2O4/c1-16-10-13-22-24(14-16)33-27(28-22)29-23-15-18(11-12-19(23)17-6-3-2-4-7-17)25(30)20-8-5-9-21(20)26(31)32/h2-4,6-7,10-15,20-21H,5,8-9H2,1H3,(H,28,29)(H,31,32)/t20-,21-/m1/s1. The summed E-state index contributed by atoms with van der Waals surface area (Å²) in [6.45, 7) is 1.99. The number of carbonyl (C=O) groups is 2. The Hall–Kier alpha value is -3.93. The Bertz CT molecular complexity index is 1340. The molecule has 2 atom stereocenters. The molecule has 166 valence electrons. The minimum Gasteiger partial charge on any atom is -0.481 e. The van der Waals surface area contributed by atoms with Crippen molar-refractivity contribution in [3.05, 3.63) is 77.9 Å². The number of ketones is 1. The van der Waals surface area contributed by atoms with Crippen LogP contribution in [0.25, 0.3) is 22.2 Å². The molecule has 6 nitrogen and oxygen atoms in total. The molecule has 1 heterocycles. The zero-order valence-electron chi connectivity index (χ0n) is 18.2. The lowest BCUT2D eigenvalue weighted by atomic mass is 9.87. The molecule has 0 radical (unpaired) electrons. The molecule has 1 aliphatic carbocycles. The molecule has 6 heteroatoms. The number of aryl methyl sites for hydroxylation is 1. The first-order chi connectivity index (χ1) is 16.0. The largest absolute Gasteiger partial charge is 0.481 e. The molecule has 1 aliphatic rings. The highest BCUT2D eigenvalue weighted by molar-refractivity contribution is 6.02. The van der Waals surface area contributed by atoms with Crippen LogP contribution in [0.2, 0.25) is 0 Å². The van der Waals surface area contributed by atoms with Crippen LogP contribution in [0.15, 0.2) is 71.1 Å². The number of hydrogen-bond donors (Lipinski definition) is 2. The van der Waals surface area contributed by atoms with Crippen LogP contribution >= 0.6 is 0 Å². The van der Waals surface area contributed by atoms with Crippen LogP contribution in [0.3, 0.4) is 0 Å². The van der Waals surface area contributed by atoms with Gasteiger partial charge in [-0.2, -0.15) is 4.98 Å². The molecule has 2 N–H and O–H groups in total. The van der Waals surface area contributed by atoms with Crippen molar-refractivity contribution >= 4 is 34.6 Å². The lowest BCUT2D eigenvalue weighted by Gasteiger charge is -2.17. The third-order valence-corrected chi connectivity index (χ3v) is 6.34. The molecule has 0 aliphatic heterocycles. The van der Waals surface area contributed by atoms with Crippen molar-refractivity contribution in [2.75, 3.05) is 5.32 Å². The van der Waals surface area contributed by atoms with Gasteiger partial charge in [-0.1, -0.05) is 55.0 Å². The van der Waals surface area contributed by atoms with E-state index in [-0.39, 0.29) is 5.78 Å². The molecule has 5 rings (SSSR count). The number of aliphatic carboxylic acids is 1. The fourth-order valence-corrected chi connectivity index (χ4v) is 4.65. The fraction of sp³-hybridized carbons (Fsp3) is 0.222. The SMILES string of the molecule is Cc1ccc2nc(Nc3cc(C(=O)[C@@H]4CCC[C@H]4C(=O)O)ccc3-c3ccccc3)oc2c1. The predicted molar refractivity (Wildman–Crippen MR) is 127 cm³/mol. The number of anilines is 2. The van der Waals surface area contributed by atoms with Crippen LogP contribution in [0, 0.1) is 18.8 Å². The Morgan fingerprint density at radius 2 is 1.79 bits per heavy atom. The Balaban J connectivity index is 1.54. The average Bonchev–Trinajstić information content (AvgIpc) is 3.46. The molecule has 0 unspecified atom stereocenters. The summed E-state index contributed by atoms with van der Waals surface area (Å²) in [4.78, 5) is 29.4. The van der Waals surface area contributed by atoms with Crippen molar-refractivity contribution in [1.29, 1.82) is 0 Å². The average molecular weight is 440 g/mol. The Morgan fingerprint density at radius 3 is 2.58 bits per heavy atom. The second kappa shape index (κ2) is 8.54. The first kappa shape index (κ1) is 20.9. The van der Waals surface area contributed by atoms with Crippen molar-refractivity contribution in [1.82, 2.24) is 4.98 Å². The van der Waals surface area contributed by atoms with E-state index in [4.69, 9.17) is 4.42 Å². The van der Waals surface area contributed by atoms with Crippen LogP contribution in [0.5, 0.6) is 0 Å². The van der Waals surface area contributed by atoms with E-state index < -0.39 is 17.8 Å². The van der Waals surface area contributed by atoms with E-state index in [1.54, 1.807) is 12.1 Å². The number of nitrogens with one attached hydrogen (secondary N) is 1. The minimum atomic E-state index is -0.896. The zero-order valence-corrected chi connectivity index (χ0v) is 18.2. The number of carboxylic acid groups (broad SMARTS) is 1. The van der Waals surface area contributed by atoms with Crippen LogP contribution < -0.4 is 5.32 Å². The second-order valence-electron chi connectivity index (χ2n) is 8.59. The van der Waals surface area contributed by atoms with Gasteiger partial charge in [0.25, 0.3) is 6.01 Å². The molecular weight excluding hydrogens is 416 g/mol. The van der Waals surface area contributed by atoms with Gasteiger partial charge in [0, 0.05) is 17.0 Å². The molecular formula is C27H24N2O4. The van der Waals surface area contributed by atoms with E-state index in [1.165, 1.54) is 0 Å². The number of nitrogens with zero attached hydrogens (tertiary/aromatic N) is 1. The Labute approximate surface area is 191 Å². The molecule has 1 saturated carbocycles. The number of carbonyl (C=O) groups excluding carboxylic acids is 1. The van der Waals surface area contributed by atoms with E-state index in [0.717, 1.165) is 28.6 Å². The van der Waals surface area contributed by atoms with Gasteiger partial charge in [0.05, 0.1) is 11.6 Å². The summed E-state index contributed by atoms with van der Waals surface area (Å²) in [6.07, 6.45) is 1.90. The molecule has 1 aromatic heterocycles. The molecule has 3 aromatic carbocycles. The summed E-state index contributed by atoms with van der Waals surface area (Å²) < 4.78 is 5.91. The smallest absolute Gasteiger partial charge is 0.307 e. The normalized spacial score (nSPS) is 17.8. The monoisotopic (exact) mass is 440 g/mol. The van der Waals surface area contributed by atoms with Gasteiger partial charge in [0.2, 0.25) is 0 Å². The molecule has 0 spiro atoms. The lowest BCUT2D eigenvalue weighted by molar-refractivity contribution is -0.142. The van der Waals surface area contributed by atoms with Crippen molar-refractivity contribution in [3.63, 3.8) is 0 Å². The van der Waals surface area contributed by atoms with Crippen LogP contribution in [-0.2, 0) is 4.79 Å². The van der Waals surface area contributed by atoms with E-state index >= 15 is 0 Å². The maximum atomic E-state index is 13.3. The maximum absolute atomic E-state index is 13.3. The summed E-state index contributed by atoms with van der Waals surface area (Å²) in [5, 5.41) is 12.8. The van der Waals surface area contributed by atoms with Gasteiger partial charge in [-0.25, -0.2) is 0 Å². The van der Waals surface area contributed by atoms with Gasteiger partial charge < -0.3 is 14.8 Å². The van der Waals surface area contributed by atoms with Gasteiger partial charge in [0.1, 0.15) is 5.52 Å². The molecule has 33 heavy (non-hydrogen) atoms. The molecule has 4 aromatic rings. The third kappa shape index (κ3) is 4.12. The number of benzene rings is 3. The van der Waals surface area contributed by atoms with Gasteiger partial charge >= 0.3 is 5.97 Å². The van der Waals surface area contributed by atoms with Crippen LogP contribution in [-0.4, -0.2) is 21.8 Å². The van der Waals surface area contributed by atoms with Crippen molar-refractivity contribution in [2.45, 2.75) is 26.2 Å². The third-order valence-electron chi connectivity index (χ3n) is 6.34. The topological polar surface area (TPSA) is 92.4 Å². The van der Waals surface area contributed by atoms with Gasteiger partial charge in [-0.3, -0.25) is 9.59 Å². The number of carboxylic acids is 1. The number of rotatable bonds is 6. The summed E-state index contributed by atoms with van der Waals surface area (Å²) in [5.74, 6) is -2.14. The van der Waals surface area contributed by atoms with Crippen LogP contribution in [0.1, 0.15) is 35.2 Å². The van der Waals surface area contributed by atoms with E-state index in [9.17, 15) is 14.7 Å². The molecule has 0 amide bonds. The second-order valence-corrected chi connectivity index (χ2v) is 8.59. The van der Waals surface area contributed by atoms with E-state index in [0.29, 0.717) is 35.7 Å². The zero-order chi connectivity index (χ0) is 22.9. The van der Waals surface area contributed by atoms with Gasteiger partial charge in [0.15, 0.2) is 11.4 Å². The van der Waals surface area contributed by atoms with Gasteiger partial charge in [-0.15, -0.1) is 0 Å². The molecule has 1 fully saturated rings. The van der Waals surface area contributed by atoms with Crippen molar-refractivity contribution in [3.8, 4) is 11.1 Å². The molecule has 0 saturated heterocycles.